The molecule has 3 nitrogen and oxygen atoms in total. The molecule has 1 aliphatic heterocycles. The van der Waals surface area contributed by atoms with E-state index in [0.29, 0.717) is 5.25 Å². The maximum Gasteiger partial charge on any atom is 0.253 e. The molecular formula is C16H16BrNO2S. The minimum Gasteiger partial charge on any atom is -0.468 e. The average molecular weight is 366 g/mol. The molecule has 0 N–H and O–H groups in total. The number of hydrogen-bond donors (Lipinski definition) is 0. The first kappa shape index (κ1) is 14.7. The van der Waals surface area contributed by atoms with Crippen molar-refractivity contribution in [3.63, 3.8) is 0 Å². The van der Waals surface area contributed by atoms with E-state index in [-0.39, 0.29) is 5.91 Å². The largest absolute Gasteiger partial charge is 0.468 e. The fourth-order valence-corrected chi connectivity index (χ4v) is 3.90. The predicted molar refractivity (Wildman–Crippen MR) is 88.6 cm³/mol. The Balaban J connectivity index is 1.67. The van der Waals surface area contributed by atoms with E-state index in [0.717, 1.165) is 41.1 Å². The number of amides is 1. The van der Waals surface area contributed by atoms with Crippen LogP contribution < -0.4 is 0 Å². The van der Waals surface area contributed by atoms with Crippen molar-refractivity contribution in [2.45, 2.75) is 11.7 Å². The smallest absolute Gasteiger partial charge is 0.253 e. The van der Waals surface area contributed by atoms with Gasteiger partial charge >= 0.3 is 0 Å². The molecule has 0 radical (unpaired) electrons. The van der Waals surface area contributed by atoms with Gasteiger partial charge in [-0.1, -0.05) is 15.9 Å². The van der Waals surface area contributed by atoms with Gasteiger partial charge in [0.05, 0.1) is 11.5 Å². The maximum atomic E-state index is 12.5. The summed E-state index contributed by atoms with van der Waals surface area (Å²) in [6, 6.07) is 11.5. The van der Waals surface area contributed by atoms with Crippen LogP contribution in [0.25, 0.3) is 0 Å². The zero-order valence-corrected chi connectivity index (χ0v) is 13.9. The Labute approximate surface area is 136 Å². The zero-order chi connectivity index (χ0) is 14.7. The molecule has 1 fully saturated rings. The van der Waals surface area contributed by atoms with Crippen LogP contribution in [-0.2, 0) is 0 Å². The summed E-state index contributed by atoms with van der Waals surface area (Å²) in [5, 5.41) is 0.350. The molecule has 1 aliphatic rings. The summed E-state index contributed by atoms with van der Waals surface area (Å²) < 4.78 is 6.48. The lowest BCUT2D eigenvalue weighted by Gasteiger charge is -2.20. The number of halogens is 1. The van der Waals surface area contributed by atoms with Crippen molar-refractivity contribution in [2.24, 2.45) is 0 Å². The Kier molecular flexibility index (Phi) is 4.70. The number of furan rings is 1. The summed E-state index contributed by atoms with van der Waals surface area (Å²) in [4.78, 5) is 14.5. The summed E-state index contributed by atoms with van der Waals surface area (Å²) in [6.45, 7) is 1.56. The summed E-state index contributed by atoms with van der Waals surface area (Å²) in [5.74, 6) is 2.06. The fourth-order valence-electron chi connectivity index (χ4n) is 2.45. The van der Waals surface area contributed by atoms with Gasteiger partial charge in [0.2, 0.25) is 0 Å². The number of carbonyl (C=O) groups is 1. The van der Waals surface area contributed by atoms with Gasteiger partial charge in [-0.25, -0.2) is 0 Å². The third kappa shape index (κ3) is 3.52. The third-order valence-corrected chi connectivity index (χ3v) is 5.40. The van der Waals surface area contributed by atoms with E-state index >= 15 is 0 Å². The van der Waals surface area contributed by atoms with Gasteiger partial charge in [-0.05, 0) is 42.8 Å². The second-order valence-corrected chi connectivity index (χ2v) is 7.19. The van der Waals surface area contributed by atoms with E-state index in [2.05, 4.69) is 15.9 Å². The maximum absolute atomic E-state index is 12.5. The van der Waals surface area contributed by atoms with E-state index < -0.39 is 0 Å². The highest BCUT2D eigenvalue weighted by Crippen LogP contribution is 2.34. The molecule has 1 amide bonds. The molecule has 2 aromatic rings. The topological polar surface area (TPSA) is 33.5 Å². The van der Waals surface area contributed by atoms with Crippen molar-refractivity contribution in [1.82, 2.24) is 4.90 Å². The lowest BCUT2D eigenvalue weighted by Crippen LogP contribution is -2.32. The van der Waals surface area contributed by atoms with Crippen molar-refractivity contribution in [3.05, 3.63) is 58.5 Å². The molecule has 5 heteroatoms. The van der Waals surface area contributed by atoms with E-state index in [1.165, 1.54) is 0 Å². The first-order valence-corrected chi connectivity index (χ1v) is 8.78. The SMILES string of the molecule is O=C(c1ccc(Br)cc1)N1CCSC(c2ccco2)CC1. The Bertz CT molecular complexity index is 597. The molecular weight excluding hydrogens is 350 g/mol. The first-order chi connectivity index (χ1) is 10.2. The quantitative estimate of drug-likeness (QED) is 0.792. The van der Waals surface area contributed by atoms with Crippen LogP contribution in [-0.4, -0.2) is 29.6 Å². The Morgan fingerprint density at radius 1 is 1.24 bits per heavy atom. The van der Waals surface area contributed by atoms with Gasteiger partial charge in [-0.3, -0.25) is 4.79 Å². The molecule has 1 atom stereocenters. The van der Waals surface area contributed by atoms with Crippen molar-refractivity contribution in [3.8, 4) is 0 Å². The Morgan fingerprint density at radius 3 is 2.76 bits per heavy atom. The molecule has 0 saturated carbocycles. The standard InChI is InChI=1S/C16H16BrNO2S/c17-13-5-3-12(4-6-13)16(19)18-8-7-15(21-11-9-18)14-2-1-10-20-14/h1-6,10,15H,7-9,11H2. The molecule has 1 unspecified atom stereocenters. The van der Waals surface area contributed by atoms with Gasteiger partial charge < -0.3 is 9.32 Å². The zero-order valence-electron chi connectivity index (χ0n) is 11.5. The molecule has 0 aliphatic carbocycles. The van der Waals surface area contributed by atoms with Crippen LogP contribution in [0.15, 0.2) is 51.6 Å². The molecule has 2 heterocycles. The van der Waals surface area contributed by atoms with Gasteiger partial charge in [0.15, 0.2) is 0 Å². The highest BCUT2D eigenvalue weighted by Gasteiger charge is 2.24. The van der Waals surface area contributed by atoms with E-state index in [1.54, 1.807) is 6.26 Å². The van der Waals surface area contributed by atoms with Crippen molar-refractivity contribution >= 4 is 33.6 Å². The average Bonchev–Trinajstić information content (AvgIpc) is 2.92. The summed E-state index contributed by atoms with van der Waals surface area (Å²) in [5.41, 5.74) is 0.750. The van der Waals surface area contributed by atoms with Crippen LogP contribution in [0.4, 0.5) is 0 Å². The molecule has 1 aromatic heterocycles. The second-order valence-electron chi connectivity index (χ2n) is 4.96. The minimum atomic E-state index is 0.114. The van der Waals surface area contributed by atoms with Crippen molar-refractivity contribution in [2.75, 3.05) is 18.8 Å². The van der Waals surface area contributed by atoms with Crippen LogP contribution in [0.1, 0.15) is 27.8 Å². The Morgan fingerprint density at radius 2 is 2.05 bits per heavy atom. The van der Waals surface area contributed by atoms with Gasteiger partial charge in [0.25, 0.3) is 5.91 Å². The molecule has 1 saturated heterocycles. The highest BCUT2D eigenvalue weighted by molar-refractivity contribution is 9.10. The van der Waals surface area contributed by atoms with Crippen LogP contribution in [0.2, 0.25) is 0 Å². The normalized spacial score (nSPS) is 19.3. The number of hydrogen-bond acceptors (Lipinski definition) is 3. The van der Waals surface area contributed by atoms with Crippen LogP contribution in [0.3, 0.4) is 0 Å². The van der Waals surface area contributed by atoms with E-state index in [9.17, 15) is 4.79 Å². The van der Waals surface area contributed by atoms with Crippen molar-refractivity contribution < 1.29 is 9.21 Å². The van der Waals surface area contributed by atoms with Gasteiger partial charge in [0.1, 0.15) is 5.76 Å². The molecule has 110 valence electrons. The Hall–Kier alpha value is -1.20. The summed E-state index contributed by atoms with van der Waals surface area (Å²) in [7, 11) is 0. The minimum absolute atomic E-state index is 0.114. The molecule has 0 bridgehead atoms. The number of benzene rings is 1. The molecule has 1 aromatic carbocycles. The highest BCUT2D eigenvalue weighted by atomic mass is 79.9. The second kappa shape index (κ2) is 6.71. The lowest BCUT2D eigenvalue weighted by atomic mass is 10.2. The lowest BCUT2D eigenvalue weighted by molar-refractivity contribution is 0.0766. The van der Waals surface area contributed by atoms with E-state index in [4.69, 9.17) is 4.42 Å². The van der Waals surface area contributed by atoms with Gasteiger partial charge in [-0.2, -0.15) is 0 Å². The van der Waals surface area contributed by atoms with Gasteiger partial charge in [-0.15, -0.1) is 11.8 Å². The fraction of sp³-hybridized carbons (Fsp3) is 0.312. The van der Waals surface area contributed by atoms with Crippen LogP contribution in [0.5, 0.6) is 0 Å². The number of carbonyl (C=O) groups excluding carboxylic acids is 1. The number of nitrogens with zero attached hydrogens (tertiary/aromatic N) is 1. The molecule has 3 rings (SSSR count). The molecule has 21 heavy (non-hydrogen) atoms. The third-order valence-electron chi connectivity index (χ3n) is 3.58. The van der Waals surface area contributed by atoms with Crippen molar-refractivity contribution in [1.29, 1.82) is 0 Å². The van der Waals surface area contributed by atoms with E-state index in [1.807, 2.05) is 53.1 Å². The predicted octanol–water partition coefficient (Wildman–Crippen LogP) is 4.36. The summed E-state index contributed by atoms with van der Waals surface area (Å²) in [6.07, 6.45) is 2.64. The monoisotopic (exact) mass is 365 g/mol. The first-order valence-electron chi connectivity index (χ1n) is 6.94. The van der Waals surface area contributed by atoms with Crippen LogP contribution >= 0.6 is 27.7 Å². The van der Waals surface area contributed by atoms with Crippen LogP contribution in [0, 0.1) is 0 Å². The summed E-state index contributed by atoms with van der Waals surface area (Å²) >= 11 is 5.26. The van der Waals surface area contributed by atoms with Gasteiger partial charge in [0, 0.05) is 28.9 Å². The number of thioether (sulfide) groups is 1. The number of rotatable bonds is 2. The molecule has 0 spiro atoms.